The SMILES string of the molecule is CC1CNC[C@H](O)c2ccc(Cl)cc21. The fraction of sp³-hybridized carbons (Fsp3) is 0.455. The largest absolute Gasteiger partial charge is 0.387 e. The summed E-state index contributed by atoms with van der Waals surface area (Å²) in [6.45, 7) is 3.66. The summed E-state index contributed by atoms with van der Waals surface area (Å²) < 4.78 is 0. The molecule has 0 bridgehead atoms. The van der Waals surface area contributed by atoms with Crippen molar-refractivity contribution in [1.29, 1.82) is 0 Å². The molecule has 14 heavy (non-hydrogen) atoms. The lowest BCUT2D eigenvalue weighted by molar-refractivity contribution is 0.178. The van der Waals surface area contributed by atoms with Crippen LogP contribution in [0.4, 0.5) is 0 Å². The van der Waals surface area contributed by atoms with Gasteiger partial charge < -0.3 is 10.4 Å². The van der Waals surface area contributed by atoms with Crippen LogP contribution in [0.5, 0.6) is 0 Å². The number of aliphatic hydroxyl groups is 1. The first-order chi connectivity index (χ1) is 6.68. The highest BCUT2D eigenvalue weighted by Crippen LogP contribution is 2.29. The van der Waals surface area contributed by atoms with E-state index in [4.69, 9.17) is 11.6 Å². The molecule has 0 spiro atoms. The number of fused-ring (bicyclic) bond motifs is 1. The van der Waals surface area contributed by atoms with E-state index in [1.54, 1.807) is 0 Å². The molecular weight excluding hydrogens is 198 g/mol. The van der Waals surface area contributed by atoms with Crippen molar-refractivity contribution in [3.8, 4) is 0 Å². The summed E-state index contributed by atoms with van der Waals surface area (Å²) >= 11 is 5.94. The molecule has 1 aliphatic heterocycles. The summed E-state index contributed by atoms with van der Waals surface area (Å²) in [5.41, 5.74) is 2.17. The van der Waals surface area contributed by atoms with Crippen LogP contribution in [-0.2, 0) is 0 Å². The maximum Gasteiger partial charge on any atom is 0.0917 e. The quantitative estimate of drug-likeness (QED) is 0.689. The van der Waals surface area contributed by atoms with Crippen LogP contribution in [0.3, 0.4) is 0 Å². The van der Waals surface area contributed by atoms with E-state index in [2.05, 4.69) is 12.2 Å². The number of halogens is 1. The van der Waals surface area contributed by atoms with Gasteiger partial charge in [-0.1, -0.05) is 24.6 Å². The number of hydrogen-bond donors (Lipinski definition) is 2. The fourth-order valence-electron chi connectivity index (χ4n) is 1.93. The van der Waals surface area contributed by atoms with Crippen molar-refractivity contribution < 1.29 is 5.11 Å². The maximum atomic E-state index is 9.84. The van der Waals surface area contributed by atoms with Gasteiger partial charge in [-0.2, -0.15) is 0 Å². The molecule has 2 atom stereocenters. The summed E-state index contributed by atoms with van der Waals surface area (Å²) in [6, 6.07) is 5.71. The number of rotatable bonds is 0. The molecule has 0 saturated carbocycles. The van der Waals surface area contributed by atoms with Crippen molar-refractivity contribution in [3.05, 3.63) is 34.3 Å². The number of hydrogen-bond acceptors (Lipinski definition) is 2. The highest BCUT2D eigenvalue weighted by atomic mass is 35.5. The van der Waals surface area contributed by atoms with Gasteiger partial charge >= 0.3 is 0 Å². The summed E-state index contributed by atoms with van der Waals surface area (Å²) in [7, 11) is 0. The second-order valence-corrected chi connectivity index (χ2v) is 4.28. The minimum absolute atomic E-state index is 0.404. The zero-order chi connectivity index (χ0) is 10.1. The summed E-state index contributed by atoms with van der Waals surface area (Å²) in [5, 5.41) is 13.8. The molecule has 76 valence electrons. The summed E-state index contributed by atoms with van der Waals surface area (Å²) in [4.78, 5) is 0. The molecule has 1 heterocycles. The molecule has 0 fully saturated rings. The van der Waals surface area contributed by atoms with Crippen molar-refractivity contribution in [2.45, 2.75) is 18.9 Å². The van der Waals surface area contributed by atoms with E-state index in [1.165, 1.54) is 0 Å². The third kappa shape index (κ3) is 1.78. The predicted octanol–water partition coefficient (Wildman–Crippen LogP) is 2.08. The molecule has 1 aliphatic rings. The Morgan fingerprint density at radius 1 is 1.36 bits per heavy atom. The molecule has 0 aliphatic carbocycles. The van der Waals surface area contributed by atoms with Gasteiger partial charge in [0.1, 0.15) is 0 Å². The van der Waals surface area contributed by atoms with Gasteiger partial charge in [-0.3, -0.25) is 0 Å². The smallest absolute Gasteiger partial charge is 0.0917 e. The van der Waals surface area contributed by atoms with Crippen LogP contribution in [0.15, 0.2) is 18.2 Å². The first kappa shape index (κ1) is 9.97. The number of β-amino-alcohol motifs (C(OH)–C–C–N with tert-alkyl or cyclic N) is 1. The Morgan fingerprint density at radius 3 is 2.93 bits per heavy atom. The van der Waals surface area contributed by atoms with Gasteiger partial charge in [-0.15, -0.1) is 0 Å². The normalized spacial score (nSPS) is 26.8. The lowest BCUT2D eigenvalue weighted by atomic mass is 9.94. The second kappa shape index (κ2) is 3.89. The molecule has 2 rings (SSSR count). The Bertz CT molecular complexity index is 340. The van der Waals surface area contributed by atoms with Crippen molar-refractivity contribution in [1.82, 2.24) is 5.32 Å². The average molecular weight is 212 g/mol. The number of benzene rings is 1. The van der Waals surface area contributed by atoms with Crippen LogP contribution in [0, 0.1) is 0 Å². The molecule has 2 N–H and O–H groups in total. The molecule has 1 aromatic rings. The lowest BCUT2D eigenvalue weighted by Gasteiger charge is -2.14. The van der Waals surface area contributed by atoms with E-state index >= 15 is 0 Å². The van der Waals surface area contributed by atoms with E-state index in [0.29, 0.717) is 12.5 Å². The minimum atomic E-state index is -0.410. The third-order valence-corrected chi connectivity index (χ3v) is 2.96. The summed E-state index contributed by atoms with van der Waals surface area (Å²) in [5.74, 6) is 0.404. The highest BCUT2D eigenvalue weighted by molar-refractivity contribution is 6.30. The Labute approximate surface area is 88.9 Å². The maximum absolute atomic E-state index is 9.84. The Morgan fingerprint density at radius 2 is 2.14 bits per heavy atom. The van der Waals surface area contributed by atoms with Gasteiger partial charge in [-0.05, 0) is 29.2 Å². The van der Waals surface area contributed by atoms with Crippen LogP contribution in [0.25, 0.3) is 0 Å². The highest BCUT2D eigenvalue weighted by Gasteiger charge is 2.20. The van der Waals surface area contributed by atoms with Gasteiger partial charge in [0.25, 0.3) is 0 Å². The molecule has 3 heteroatoms. The van der Waals surface area contributed by atoms with Crippen LogP contribution < -0.4 is 5.32 Å². The van der Waals surface area contributed by atoms with E-state index < -0.39 is 6.10 Å². The van der Waals surface area contributed by atoms with Crippen molar-refractivity contribution in [2.24, 2.45) is 0 Å². The van der Waals surface area contributed by atoms with Gasteiger partial charge in [0.2, 0.25) is 0 Å². The Balaban J connectivity index is 2.48. The van der Waals surface area contributed by atoms with Gasteiger partial charge in [-0.25, -0.2) is 0 Å². The van der Waals surface area contributed by atoms with E-state index in [-0.39, 0.29) is 0 Å². The molecule has 1 aromatic carbocycles. The van der Waals surface area contributed by atoms with Gasteiger partial charge in [0, 0.05) is 18.1 Å². The van der Waals surface area contributed by atoms with Crippen molar-refractivity contribution >= 4 is 11.6 Å². The molecule has 0 amide bonds. The number of aliphatic hydroxyl groups excluding tert-OH is 1. The predicted molar refractivity (Wildman–Crippen MR) is 57.7 cm³/mol. The second-order valence-electron chi connectivity index (χ2n) is 3.85. The fourth-order valence-corrected chi connectivity index (χ4v) is 2.11. The van der Waals surface area contributed by atoms with Crippen LogP contribution in [0.1, 0.15) is 30.1 Å². The minimum Gasteiger partial charge on any atom is -0.387 e. The average Bonchev–Trinajstić information content (AvgIpc) is 2.28. The molecule has 0 saturated heterocycles. The van der Waals surface area contributed by atoms with Crippen molar-refractivity contribution in [2.75, 3.05) is 13.1 Å². The molecular formula is C11H14ClNO. The van der Waals surface area contributed by atoms with Gasteiger partial charge in [0.15, 0.2) is 0 Å². The first-order valence-corrected chi connectivity index (χ1v) is 5.24. The standard InChI is InChI=1S/C11H14ClNO/c1-7-5-13-6-11(14)9-3-2-8(12)4-10(7)9/h2-4,7,11,13-14H,5-6H2,1H3/t7?,11-/m0/s1. The molecule has 0 radical (unpaired) electrons. The molecule has 2 nitrogen and oxygen atoms in total. The Kier molecular flexibility index (Phi) is 2.77. The summed E-state index contributed by atoms with van der Waals surface area (Å²) in [6.07, 6.45) is -0.410. The van der Waals surface area contributed by atoms with Crippen LogP contribution in [0.2, 0.25) is 5.02 Å². The van der Waals surface area contributed by atoms with E-state index in [1.807, 2.05) is 18.2 Å². The molecule has 1 unspecified atom stereocenters. The zero-order valence-corrected chi connectivity index (χ0v) is 8.88. The first-order valence-electron chi connectivity index (χ1n) is 4.86. The van der Waals surface area contributed by atoms with Crippen molar-refractivity contribution in [3.63, 3.8) is 0 Å². The Hall–Kier alpha value is -0.570. The van der Waals surface area contributed by atoms with E-state index in [9.17, 15) is 5.11 Å². The molecule has 0 aromatic heterocycles. The monoisotopic (exact) mass is 211 g/mol. The zero-order valence-electron chi connectivity index (χ0n) is 8.13. The third-order valence-electron chi connectivity index (χ3n) is 2.73. The lowest BCUT2D eigenvalue weighted by Crippen LogP contribution is -2.21. The van der Waals surface area contributed by atoms with Gasteiger partial charge in [0.05, 0.1) is 6.10 Å². The topological polar surface area (TPSA) is 32.3 Å². The number of nitrogens with one attached hydrogen (secondary N) is 1. The van der Waals surface area contributed by atoms with E-state index in [0.717, 1.165) is 22.7 Å². The van der Waals surface area contributed by atoms with Crippen LogP contribution in [-0.4, -0.2) is 18.2 Å². The van der Waals surface area contributed by atoms with Crippen LogP contribution >= 0.6 is 11.6 Å².